The average Bonchev–Trinajstić information content (AvgIpc) is 2.94. The fourth-order valence-corrected chi connectivity index (χ4v) is 2.14. The van der Waals surface area contributed by atoms with Crippen molar-refractivity contribution in [2.75, 3.05) is 0 Å². The van der Waals surface area contributed by atoms with E-state index in [4.69, 9.17) is 20.8 Å². The Bertz CT molecular complexity index is 806. The molecule has 0 atom stereocenters. The lowest BCUT2D eigenvalue weighted by Crippen LogP contribution is -2.00. The van der Waals surface area contributed by atoms with Crippen molar-refractivity contribution in [3.05, 3.63) is 71.1 Å². The van der Waals surface area contributed by atoms with Gasteiger partial charge in [0.25, 0.3) is 0 Å². The van der Waals surface area contributed by atoms with Crippen molar-refractivity contribution in [1.82, 2.24) is 4.98 Å². The Morgan fingerprint density at radius 1 is 1.23 bits per heavy atom. The minimum atomic E-state index is -0.470. The van der Waals surface area contributed by atoms with Crippen LogP contribution in [0.5, 0.6) is 0 Å². The minimum Gasteiger partial charge on any atom is -0.458 e. The van der Waals surface area contributed by atoms with Gasteiger partial charge in [0.1, 0.15) is 12.1 Å². The van der Waals surface area contributed by atoms with Crippen LogP contribution in [-0.4, -0.2) is 11.0 Å². The van der Waals surface area contributed by atoms with Crippen LogP contribution < -0.4 is 0 Å². The number of ether oxygens (including phenoxy) is 1. The summed E-state index contributed by atoms with van der Waals surface area (Å²) in [5.41, 5.74) is 2.25. The van der Waals surface area contributed by atoms with Crippen molar-refractivity contribution < 1.29 is 13.9 Å². The number of carbonyl (C=O) groups excluding carboxylic acids is 1. The molecule has 0 aliphatic rings. The van der Waals surface area contributed by atoms with Crippen molar-refractivity contribution in [3.63, 3.8) is 0 Å². The van der Waals surface area contributed by atoms with Crippen LogP contribution in [0.15, 0.2) is 59.0 Å². The number of rotatable bonds is 4. The smallest absolute Gasteiger partial charge is 0.331 e. The predicted molar refractivity (Wildman–Crippen MR) is 84.3 cm³/mol. The third kappa shape index (κ3) is 3.54. The molecule has 0 fully saturated rings. The van der Waals surface area contributed by atoms with Crippen LogP contribution in [0, 0.1) is 0 Å². The molecule has 5 heteroatoms. The zero-order chi connectivity index (χ0) is 15.4. The number of esters is 1. The van der Waals surface area contributed by atoms with Gasteiger partial charge in [-0.3, -0.25) is 0 Å². The number of aromatic nitrogens is 1. The van der Waals surface area contributed by atoms with Gasteiger partial charge >= 0.3 is 5.97 Å². The van der Waals surface area contributed by atoms with E-state index in [9.17, 15) is 4.79 Å². The summed E-state index contributed by atoms with van der Waals surface area (Å²) < 4.78 is 10.6. The first-order chi connectivity index (χ1) is 10.7. The van der Waals surface area contributed by atoms with Crippen LogP contribution in [0.1, 0.15) is 11.5 Å². The van der Waals surface area contributed by atoms with Crippen molar-refractivity contribution >= 4 is 34.7 Å². The van der Waals surface area contributed by atoms with Gasteiger partial charge in [0, 0.05) is 17.2 Å². The van der Waals surface area contributed by atoms with E-state index in [1.54, 1.807) is 18.2 Å². The molecule has 1 heterocycles. The van der Waals surface area contributed by atoms with Crippen LogP contribution in [0.25, 0.3) is 17.2 Å². The summed E-state index contributed by atoms with van der Waals surface area (Å²) >= 11 is 5.86. The van der Waals surface area contributed by atoms with Gasteiger partial charge in [0.05, 0.1) is 0 Å². The topological polar surface area (TPSA) is 52.3 Å². The van der Waals surface area contributed by atoms with Crippen molar-refractivity contribution in [1.29, 1.82) is 0 Å². The number of carbonyl (C=O) groups is 1. The highest BCUT2D eigenvalue weighted by atomic mass is 35.5. The molecule has 0 amide bonds. The molecule has 3 rings (SSSR count). The Morgan fingerprint density at radius 2 is 2.09 bits per heavy atom. The highest BCUT2D eigenvalue weighted by Crippen LogP contribution is 2.15. The van der Waals surface area contributed by atoms with E-state index >= 15 is 0 Å². The first kappa shape index (κ1) is 14.4. The van der Waals surface area contributed by atoms with Gasteiger partial charge < -0.3 is 9.15 Å². The maximum Gasteiger partial charge on any atom is 0.331 e. The van der Waals surface area contributed by atoms with Crippen LogP contribution in [0.2, 0.25) is 5.02 Å². The van der Waals surface area contributed by atoms with E-state index in [0.29, 0.717) is 16.5 Å². The Hall–Kier alpha value is -2.59. The molecular weight excluding hydrogens is 302 g/mol. The molecule has 0 radical (unpaired) electrons. The summed E-state index contributed by atoms with van der Waals surface area (Å²) in [6, 6.07) is 14.5. The normalized spacial score (nSPS) is 11.1. The van der Waals surface area contributed by atoms with E-state index in [1.807, 2.05) is 30.3 Å². The van der Waals surface area contributed by atoms with Crippen molar-refractivity contribution in [2.45, 2.75) is 6.61 Å². The standard InChI is InChI=1S/C17H12ClNO3/c18-13-5-3-4-12(10-13)11-21-17(20)9-8-16-19-14-6-1-2-7-15(14)22-16/h1-10H,11H2. The maximum absolute atomic E-state index is 11.7. The van der Waals surface area contributed by atoms with E-state index in [0.717, 1.165) is 11.1 Å². The largest absolute Gasteiger partial charge is 0.458 e. The Kier molecular flexibility index (Phi) is 4.21. The minimum absolute atomic E-state index is 0.164. The molecule has 22 heavy (non-hydrogen) atoms. The molecule has 0 saturated heterocycles. The van der Waals surface area contributed by atoms with Crippen molar-refractivity contribution in [3.8, 4) is 0 Å². The van der Waals surface area contributed by atoms with Gasteiger partial charge in [0.15, 0.2) is 5.58 Å². The quantitative estimate of drug-likeness (QED) is 0.534. The fraction of sp³-hybridized carbons (Fsp3) is 0.0588. The average molecular weight is 314 g/mol. The highest BCUT2D eigenvalue weighted by Gasteiger charge is 2.03. The number of oxazole rings is 1. The zero-order valence-corrected chi connectivity index (χ0v) is 12.3. The lowest BCUT2D eigenvalue weighted by molar-refractivity contribution is -0.138. The molecule has 2 aromatic carbocycles. The number of para-hydroxylation sites is 2. The summed E-state index contributed by atoms with van der Waals surface area (Å²) in [6.45, 7) is 0.164. The molecule has 0 unspecified atom stereocenters. The van der Waals surface area contributed by atoms with Gasteiger partial charge in [-0.2, -0.15) is 0 Å². The summed E-state index contributed by atoms with van der Waals surface area (Å²) in [4.78, 5) is 15.9. The number of halogens is 1. The van der Waals surface area contributed by atoms with Crippen LogP contribution in [0.3, 0.4) is 0 Å². The summed E-state index contributed by atoms with van der Waals surface area (Å²) in [7, 11) is 0. The van der Waals surface area contributed by atoms with Crippen LogP contribution >= 0.6 is 11.6 Å². The van der Waals surface area contributed by atoms with Gasteiger partial charge in [-0.05, 0) is 29.8 Å². The highest BCUT2D eigenvalue weighted by molar-refractivity contribution is 6.30. The number of fused-ring (bicyclic) bond motifs is 1. The molecule has 0 spiro atoms. The first-order valence-electron chi connectivity index (χ1n) is 6.65. The van der Waals surface area contributed by atoms with Gasteiger partial charge in [-0.1, -0.05) is 35.9 Å². The van der Waals surface area contributed by atoms with Crippen LogP contribution in [0.4, 0.5) is 0 Å². The maximum atomic E-state index is 11.7. The van der Waals surface area contributed by atoms with E-state index in [2.05, 4.69) is 4.98 Å². The molecule has 0 saturated carbocycles. The number of hydrogen-bond acceptors (Lipinski definition) is 4. The molecule has 4 nitrogen and oxygen atoms in total. The second kappa shape index (κ2) is 6.45. The molecule has 0 aliphatic heterocycles. The molecule has 0 bridgehead atoms. The second-order valence-corrected chi connectivity index (χ2v) is 5.03. The lowest BCUT2D eigenvalue weighted by atomic mass is 10.2. The molecule has 0 N–H and O–H groups in total. The molecule has 110 valence electrons. The number of nitrogens with zero attached hydrogens (tertiary/aromatic N) is 1. The van der Waals surface area contributed by atoms with Gasteiger partial charge in [0.2, 0.25) is 5.89 Å². The number of hydrogen-bond donors (Lipinski definition) is 0. The lowest BCUT2D eigenvalue weighted by Gasteiger charge is -2.02. The third-order valence-corrected chi connectivity index (χ3v) is 3.18. The predicted octanol–water partition coefficient (Wildman–Crippen LogP) is 4.24. The first-order valence-corrected chi connectivity index (χ1v) is 7.03. The fourth-order valence-electron chi connectivity index (χ4n) is 1.93. The second-order valence-electron chi connectivity index (χ2n) is 4.59. The number of benzene rings is 2. The van der Waals surface area contributed by atoms with Crippen LogP contribution in [-0.2, 0) is 16.1 Å². The Morgan fingerprint density at radius 3 is 2.91 bits per heavy atom. The van der Waals surface area contributed by atoms with E-state index in [1.165, 1.54) is 12.2 Å². The zero-order valence-electron chi connectivity index (χ0n) is 11.5. The van der Waals surface area contributed by atoms with E-state index < -0.39 is 5.97 Å². The molecule has 3 aromatic rings. The molecular formula is C17H12ClNO3. The SMILES string of the molecule is O=C(C=Cc1nc2ccccc2o1)OCc1cccc(Cl)c1. The molecule has 0 aliphatic carbocycles. The molecule has 1 aromatic heterocycles. The van der Waals surface area contributed by atoms with Gasteiger partial charge in [-0.15, -0.1) is 0 Å². The van der Waals surface area contributed by atoms with E-state index in [-0.39, 0.29) is 6.61 Å². The summed E-state index contributed by atoms with van der Waals surface area (Å²) in [5, 5.41) is 0.607. The third-order valence-electron chi connectivity index (χ3n) is 2.94. The summed E-state index contributed by atoms with van der Waals surface area (Å²) in [5.74, 6) is -0.108. The Balaban J connectivity index is 1.61. The van der Waals surface area contributed by atoms with Crippen molar-refractivity contribution in [2.24, 2.45) is 0 Å². The monoisotopic (exact) mass is 313 g/mol. The Labute approximate surface area is 132 Å². The summed E-state index contributed by atoms with van der Waals surface area (Å²) in [6.07, 6.45) is 2.77. The van der Waals surface area contributed by atoms with Gasteiger partial charge in [-0.25, -0.2) is 9.78 Å².